The van der Waals surface area contributed by atoms with E-state index in [0.717, 1.165) is 24.2 Å². The van der Waals surface area contributed by atoms with Crippen LogP contribution in [0.2, 0.25) is 0 Å². The number of nitrogens with zero attached hydrogens (tertiary/aromatic N) is 2. The monoisotopic (exact) mass is 520 g/mol. The van der Waals surface area contributed by atoms with Crippen molar-refractivity contribution < 1.29 is 19.1 Å². The van der Waals surface area contributed by atoms with Crippen molar-refractivity contribution in [1.82, 2.24) is 9.80 Å². The maximum absolute atomic E-state index is 13.8. The predicted molar refractivity (Wildman–Crippen MR) is 148 cm³/mol. The van der Waals surface area contributed by atoms with Gasteiger partial charge in [0.2, 0.25) is 5.91 Å². The summed E-state index contributed by atoms with van der Waals surface area (Å²) in [5.41, 5.74) is 2.84. The van der Waals surface area contributed by atoms with Crippen LogP contribution in [0.25, 0.3) is 0 Å². The summed E-state index contributed by atoms with van der Waals surface area (Å²) in [6.07, 6.45) is 1.74. The van der Waals surface area contributed by atoms with Gasteiger partial charge >= 0.3 is 0 Å². The van der Waals surface area contributed by atoms with Crippen molar-refractivity contribution in [2.75, 3.05) is 33.4 Å². The molecule has 0 saturated carbocycles. The van der Waals surface area contributed by atoms with Gasteiger partial charge in [0.25, 0.3) is 5.91 Å². The topological polar surface area (TPSA) is 59.1 Å². The first-order valence-corrected chi connectivity index (χ1v) is 13.8. The van der Waals surface area contributed by atoms with Gasteiger partial charge in [-0.15, -0.1) is 11.3 Å². The molecule has 2 atom stereocenters. The zero-order chi connectivity index (χ0) is 26.4. The molecule has 3 aromatic rings. The third-order valence-electron chi connectivity index (χ3n) is 7.00. The summed E-state index contributed by atoms with van der Waals surface area (Å²) in [7, 11) is 1.58. The fourth-order valence-electron chi connectivity index (χ4n) is 4.60. The molecule has 2 unspecified atom stereocenters. The van der Waals surface area contributed by atoms with E-state index in [0.29, 0.717) is 31.0 Å². The summed E-state index contributed by atoms with van der Waals surface area (Å²) in [4.78, 5) is 32.2. The molecule has 2 aromatic carbocycles. The van der Waals surface area contributed by atoms with Gasteiger partial charge in [0.05, 0.1) is 13.2 Å². The van der Waals surface area contributed by atoms with E-state index in [4.69, 9.17) is 9.47 Å². The Morgan fingerprint density at radius 2 is 1.92 bits per heavy atom. The van der Waals surface area contributed by atoms with E-state index < -0.39 is 0 Å². The molecule has 0 saturated heterocycles. The Bertz CT molecular complexity index is 1210. The number of aryl methyl sites for hydroxylation is 1. The molecule has 1 aliphatic rings. The van der Waals surface area contributed by atoms with Crippen LogP contribution in [0.4, 0.5) is 0 Å². The van der Waals surface area contributed by atoms with Crippen LogP contribution in [0.3, 0.4) is 0 Å². The highest BCUT2D eigenvalue weighted by atomic mass is 32.1. The highest BCUT2D eigenvalue weighted by molar-refractivity contribution is 7.10. The van der Waals surface area contributed by atoms with Crippen molar-refractivity contribution in [2.45, 2.75) is 39.7 Å². The third-order valence-corrected chi connectivity index (χ3v) is 8.00. The Labute approximate surface area is 223 Å². The molecule has 2 amide bonds. The van der Waals surface area contributed by atoms with Gasteiger partial charge in [-0.05, 0) is 66.6 Å². The van der Waals surface area contributed by atoms with Crippen LogP contribution < -0.4 is 9.47 Å². The van der Waals surface area contributed by atoms with E-state index in [2.05, 4.69) is 25.3 Å². The van der Waals surface area contributed by atoms with Gasteiger partial charge in [0.1, 0.15) is 24.7 Å². The minimum absolute atomic E-state index is 0.0287. The van der Waals surface area contributed by atoms with E-state index in [1.165, 1.54) is 10.4 Å². The molecule has 7 heteroatoms. The average molecular weight is 521 g/mol. The van der Waals surface area contributed by atoms with Crippen molar-refractivity contribution in [3.8, 4) is 11.5 Å². The predicted octanol–water partition coefficient (Wildman–Crippen LogP) is 5.76. The molecular formula is C30H36N2O4S. The van der Waals surface area contributed by atoms with E-state index in [1.54, 1.807) is 41.5 Å². The zero-order valence-electron chi connectivity index (χ0n) is 22.1. The molecule has 0 fully saturated rings. The average Bonchev–Trinajstić information content (AvgIpc) is 3.41. The second-order valence-corrected chi connectivity index (χ2v) is 10.7. The van der Waals surface area contributed by atoms with E-state index in [9.17, 15) is 9.59 Å². The van der Waals surface area contributed by atoms with Gasteiger partial charge in [-0.2, -0.15) is 0 Å². The number of hydrogen-bond donors (Lipinski definition) is 0. The lowest BCUT2D eigenvalue weighted by atomic mass is 10.00. The van der Waals surface area contributed by atoms with Crippen LogP contribution in [0, 0.1) is 12.8 Å². The number of carbonyl (C=O) groups is 2. The highest BCUT2D eigenvalue weighted by Gasteiger charge is 2.34. The summed E-state index contributed by atoms with van der Waals surface area (Å²) in [5, 5.41) is 2.08. The van der Waals surface area contributed by atoms with Crippen molar-refractivity contribution in [2.24, 2.45) is 5.92 Å². The number of carbonyl (C=O) groups excluding carboxylic acids is 2. The number of hydrogen-bond acceptors (Lipinski definition) is 5. The lowest BCUT2D eigenvalue weighted by molar-refractivity contribution is -0.135. The van der Waals surface area contributed by atoms with Gasteiger partial charge in [0, 0.05) is 23.5 Å². The molecule has 0 spiro atoms. The number of ether oxygens (including phenoxy) is 2. The summed E-state index contributed by atoms with van der Waals surface area (Å²) < 4.78 is 11.5. The van der Waals surface area contributed by atoms with Crippen molar-refractivity contribution in [3.63, 3.8) is 0 Å². The first kappa shape index (κ1) is 26.7. The molecule has 1 aliphatic heterocycles. The number of fused-ring (bicyclic) bond motifs is 1. The molecule has 0 N–H and O–H groups in total. The molecule has 37 heavy (non-hydrogen) atoms. The van der Waals surface area contributed by atoms with Crippen molar-refractivity contribution in [1.29, 1.82) is 0 Å². The SMILES string of the molecule is CCC(C)CN(CC(=O)N1CCc2sccc2C1COc1ccc(C)cc1)C(=O)c1cccc(OC)c1. The molecule has 196 valence electrons. The van der Waals surface area contributed by atoms with Gasteiger partial charge in [-0.1, -0.05) is 44.0 Å². The second-order valence-electron chi connectivity index (χ2n) is 9.71. The van der Waals surface area contributed by atoms with Crippen LogP contribution in [-0.4, -0.2) is 55.0 Å². The maximum atomic E-state index is 13.8. The number of rotatable bonds is 10. The molecule has 1 aromatic heterocycles. The normalized spacial score (nSPS) is 15.6. The van der Waals surface area contributed by atoms with Gasteiger partial charge < -0.3 is 19.3 Å². The third kappa shape index (κ3) is 6.52. The minimum Gasteiger partial charge on any atom is -0.497 e. The first-order valence-electron chi connectivity index (χ1n) is 12.9. The van der Waals surface area contributed by atoms with Crippen LogP contribution in [-0.2, 0) is 11.2 Å². The smallest absolute Gasteiger partial charge is 0.254 e. The molecule has 0 aliphatic carbocycles. The lowest BCUT2D eigenvalue weighted by Crippen LogP contribution is -2.48. The fourth-order valence-corrected chi connectivity index (χ4v) is 5.53. The van der Waals surface area contributed by atoms with Gasteiger partial charge in [-0.3, -0.25) is 9.59 Å². The Morgan fingerprint density at radius 3 is 2.65 bits per heavy atom. The van der Waals surface area contributed by atoms with Gasteiger partial charge in [-0.25, -0.2) is 0 Å². The standard InChI is InChI=1S/C30H36N2O4S/c1-5-21(2)18-31(30(34)23-7-6-8-25(17-23)35-4)19-29(33)32-15-13-28-26(14-16-37-28)27(32)20-36-24-11-9-22(3)10-12-24/h6-12,14,16-17,21,27H,5,13,15,18-20H2,1-4H3. The Kier molecular flexibility index (Phi) is 8.87. The Morgan fingerprint density at radius 1 is 1.14 bits per heavy atom. The van der Waals surface area contributed by atoms with Crippen LogP contribution in [0.1, 0.15) is 52.7 Å². The molecule has 6 nitrogen and oxygen atoms in total. The molecule has 2 heterocycles. The number of amides is 2. The van der Waals surface area contributed by atoms with Crippen LogP contribution >= 0.6 is 11.3 Å². The first-order chi connectivity index (χ1) is 17.9. The highest BCUT2D eigenvalue weighted by Crippen LogP contribution is 2.34. The Hall–Kier alpha value is -3.32. The van der Waals surface area contributed by atoms with Crippen LogP contribution in [0.15, 0.2) is 60.0 Å². The molecule has 0 bridgehead atoms. The van der Waals surface area contributed by atoms with Crippen LogP contribution in [0.5, 0.6) is 11.5 Å². The van der Waals surface area contributed by atoms with Gasteiger partial charge in [0.15, 0.2) is 0 Å². The fraction of sp³-hybridized carbons (Fsp3) is 0.400. The Balaban J connectivity index is 1.54. The maximum Gasteiger partial charge on any atom is 0.254 e. The molecule has 0 radical (unpaired) electrons. The zero-order valence-corrected chi connectivity index (χ0v) is 22.9. The number of methoxy groups -OCH3 is 1. The molecule has 4 rings (SSSR count). The van der Waals surface area contributed by atoms with E-state index >= 15 is 0 Å². The number of thiophene rings is 1. The minimum atomic E-state index is -0.193. The lowest BCUT2D eigenvalue weighted by Gasteiger charge is -2.37. The number of benzene rings is 2. The van der Waals surface area contributed by atoms with E-state index in [-0.39, 0.29) is 30.3 Å². The molecular weight excluding hydrogens is 484 g/mol. The summed E-state index contributed by atoms with van der Waals surface area (Å²) in [6, 6.07) is 17.0. The largest absolute Gasteiger partial charge is 0.497 e. The second kappa shape index (κ2) is 12.3. The summed E-state index contributed by atoms with van der Waals surface area (Å²) in [5.74, 6) is 1.46. The summed E-state index contributed by atoms with van der Waals surface area (Å²) >= 11 is 1.73. The van der Waals surface area contributed by atoms with Crippen molar-refractivity contribution in [3.05, 3.63) is 81.5 Å². The quantitative estimate of drug-likeness (QED) is 0.341. The summed E-state index contributed by atoms with van der Waals surface area (Å²) in [6.45, 7) is 7.77. The van der Waals surface area contributed by atoms with E-state index in [1.807, 2.05) is 42.2 Å². The van der Waals surface area contributed by atoms with Crippen molar-refractivity contribution >= 4 is 23.2 Å².